The van der Waals surface area contributed by atoms with Gasteiger partial charge in [-0.1, -0.05) is 66.7 Å². The van der Waals surface area contributed by atoms with Crippen molar-refractivity contribution >= 4 is 17.8 Å². The number of guanidine groups is 1. The first-order valence-corrected chi connectivity index (χ1v) is 12.5. The number of hydrogen-bond acceptors (Lipinski definition) is 7. The number of rotatable bonds is 12. The number of amides is 2. The molecule has 0 spiro atoms. The molecule has 0 aromatic heterocycles. The summed E-state index contributed by atoms with van der Waals surface area (Å²) in [5.41, 5.74) is 13.2. The molecular weight excluding hydrogens is 516 g/mol. The molecule has 0 aliphatic heterocycles. The number of nitrogens with one attached hydrogen (secondary N) is 1. The molecule has 12 nitrogen and oxygen atoms in total. The molecule has 40 heavy (non-hydrogen) atoms. The number of phenols is 1. The third kappa shape index (κ3) is 7.77. The first-order chi connectivity index (χ1) is 19.2. The average Bonchev–Trinajstić information content (AvgIpc) is 2.93. The van der Waals surface area contributed by atoms with E-state index in [-0.39, 0.29) is 31.0 Å². The maximum atomic E-state index is 14.5. The molecule has 0 heterocycles. The Bertz CT molecular complexity index is 1300. The topological polar surface area (TPSA) is 186 Å². The monoisotopic (exact) mass is 548 g/mol. The number of nitro groups is 1. The van der Waals surface area contributed by atoms with Crippen molar-refractivity contribution < 1.29 is 24.5 Å². The van der Waals surface area contributed by atoms with E-state index in [4.69, 9.17) is 16.2 Å². The van der Waals surface area contributed by atoms with E-state index < -0.39 is 34.8 Å². The maximum Gasteiger partial charge on any atom is 0.272 e. The Morgan fingerprint density at radius 3 is 2.17 bits per heavy atom. The lowest BCUT2D eigenvalue weighted by Gasteiger charge is -2.34. The van der Waals surface area contributed by atoms with Crippen molar-refractivity contribution in [1.29, 1.82) is 0 Å². The molecule has 0 aliphatic rings. The van der Waals surface area contributed by atoms with E-state index in [1.165, 1.54) is 18.1 Å². The second-order valence-corrected chi connectivity index (χ2v) is 8.89. The molecule has 210 valence electrons. The van der Waals surface area contributed by atoms with Crippen LogP contribution in [0.1, 0.15) is 35.4 Å². The maximum absolute atomic E-state index is 14.5. The third-order valence-corrected chi connectivity index (χ3v) is 6.19. The minimum Gasteiger partial charge on any atom is -0.504 e. The van der Waals surface area contributed by atoms with Gasteiger partial charge in [-0.25, -0.2) is 10.1 Å². The summed E-state index contributed by atoms with van der Waals surface area (Å²) in [5, 5.41) is 25.3. The third-order valence-electron chi connectivity index (χ3n) is 6.19. The Morgan fingerprint density at radius 1 is 1.07 bits per heavy atom. The zero-order chi connectivity index (χ0) is 29.1. The van der Waals surface area contributed by atoms with E-state index >= 15 is 0 Å². The van der Waals surface area contributed by atoms with E-state index in [9.17, 15) is 24.8 Å². The van der Waals surface area contributed by atoms with Crippen LogP contribution in [0.25, 0.3) is 0 Å². The minimum absolute atomic E-state index is 0.0818. The number of nitrogens with zero attached hydrogens (tertiary/aromatic N) is 3. The number of carbonyl (C=O) groups is 2. The summed E-state index contributed by atoms with van der Waals surface area (Å²) in [5.74, 6) is -2.57. The van der Waals surface area contributed by atoms with Gasteiger partial charge in [0.25, 0.3) is 5.96 Å². The zero-order valence-electron chi connectivity index (χ0n) is 22.0. The average molecular weight is 549 g/mol. The van der Waals surface area contributed by atoms with Crippen LogP contribution in [-0.2, 0) is 16.1 Å². The molecule has 3 rings (SSSR count). The summed E-state index contributed by atoms with van der Waals surface area (Å²) < 4.78 is 5.13. The number of benzene rings is 3. The standard InChI is InChI=1S/C28H32N6O6/c1-40-24-15-14-19(17-23(24)35)18-33(22(13-8-16-29)26(36)31-28(30)32-34(38)39)27(37)25(20-9-4-2-5-10-20)21-11-6-3-7-12-21/h2-7,9-12,14-15,17,22,25,35H,8,13,16,18,29H2,1H3,(H3,30,31,32,36)/t22-/m0/s1. The van der Waals surface area contributed by atoms with Crippen LogP contribution < -0.4 is 21.5 Å². The fourth-order valence-corrected chi connectivity index (χ4v) is 4.37. The molecule has 0 saturated carbocycles. The van der Waals surface area contributed by atoms with Crippen molar-refractivity contribution in [2.24, 2.45) is 16.6 Å². The van der Waals surface area contributed by atoms with Gasteiger partial charge in [0.2, 0.25) is 11.8 Å². The number of hydrogen-bond donors (Lipinski definition) is 4. The predicted octanol–water partition coefficient (Wildman–Crippen LogP) is 2.29. The molecular formula is C28H32N6O6. The Hall–Kier alpha value is -4.97. The van der Waals surface area contributed by atoms with Gasteiger partial charge in [-0.05, 0) is 48.2 Å². The van der Waals surface area contributed by atoms with Gasteiger partial charge in [0.05, 0.1) is 13.0 Å². The molecule has 3 aromatic rings. The largest absolute Gasteiger partial charge is 0.504 e. The van der Waals surface area contributed by atoms with E-state index in [2.05, 4.69) is 10.4 Å². The number of nitrogens with two attached hydrogens (primary N) is 2. The first kappa shape index (κ1) is 29.6. The van der Waals surface area contributed by atoms with Gasteiger partial charge in [-0.3, -0.25) is 14.9 Å². The number of methoxy groups -OCH3 is 1. The second-order valence-electron chi connectivity index (χ2n) is 8.89. The van der Waals surface area contributed by atoms with Crippen LogP contribution in [0, 0.1) is 10.1 Å². The summed E-state index contributed by atoms with van der Waals surface area (Å²) in [4.78, 5) is 40.1. The van der Waals surface area contributed by atoms with Gasteiger partial charge >= 0.3 is 0 Å². The van der Waals surface area contributed by atoms with Crippen molar-refractivity contribution in [2.75, 3.05) is 13.7 Å². The van der Waals surface area contributed by atoms with Crippen LogP contribution in [0.4, 0.5) is 0 Å². The van der Waals surface area contributed by atoms with E-state index in [1.807, 2.05) is 60.7 Å². The molecule has 12 heteroatoms. The number of phenolic OH excluding ortho intramolecular Hbond substituents is 1. The van der Waals surface area contributed by atoms with Gasteiger partial charge < -0.3 is 26.2 Å². The Labute approximate surface area is 231 Å². The van der Waals surface area contributed by atoms with Crippen molar-refractivity contribution in [3.05, 3.63) is 106 Å². The van der Waals surface area contributed by atoms with Crippen molar-refractivity contribution in [2.45, 2.75) is 31.3 Å². The van der Waals surface area contributed by atoms with Gasteiger partial charge in [0.15, 0.2) is 16.5 Å². The van der Waals surface area contributed by atoms with Crippen molar-refractivity contribution in [1.82, 2.24) is 10.2 Å². The highest BCUT2D eigenvalue weighted by Crippen LogP contribution is 2.31. The number of aromatic hydroxyl groups is 1. The fourth-order valence-electron chi connectivity index (χ4n) is 4.37. The molecule has 2 amide bonds. The van der Waals surface area contributed by atoms with Crippen LogP contribution in [-0.4, -0.2) is 52.5 Å². The predicted molar refractivity (Wildman–Crippen MR) is 149 cm³/mol. The summed E-state index contributed by atoms with van der Waals surface area (Å²) in [6, 6.07) is 21.8. The lowest BCUT2D eigenvalue weighted by molar-refractivity contribution is -0.485. The highest BCUT2D eigenvalue weighted by molar-refractivity contribution is 6.00. The van der Waals surface area contributed by atoms with E-state index in [1.54, 1.807) is 12.1 Å². The smallest absolute Gasteiger partial charge is 0.272 e. The summed E-state index contributed by atoms with van der Waals surface area (Å²) in [6.07, 6.45) is 0.502. The number of carbonyl (C=O) groups excluding carboxylic acids is 2. The molecule has 6 N–H and O–H groups in total. The van der Waals surface area contributed by atoms with Gasteiger partial charge in [0, 0.05) is 6.54 Å². The molecule has 3 aromatic carbocycles. The molecule has 1 atom stereocenters. The molecule has 0 fully saturated rings. The summed E-state index contributed by atoms with van der Waals surface area (Å²) >= 11 is 0. The Balaban J connectivity index is 2.13. The van der Waals surface area contributed by atoms with Crippen LogP contribution in [0.5, 0.6) is 11.5 Å². The molecule has 0 aliphatic carbocycles. The summed E-state index contributed by atoms with van der Waals surface area (Å²) in [6.45, 7) is 0.149. The molecule has 0 radical (unpaired) electrons. The normalized spacial score (nSPS) is 12.0. The van der Waals surface area contributed by atoms with Crippen molar-refractivity contribution in [3.63, 3.8) is 0 Å². The zero-order valence-corrected chi connectivity index (χ0v) is 22.0. The van der Waals surface area contributed by atoms with Crippen molar-refractivity contribution in [3.8, 4) is 11.5 Å². The highest BCUT2D eigenvalue weighted by Gasteiger charge is 2.35. The minimum atomic E-state index is -1.13. The van der Waals surface area contributed by atoms with Gasteiger partial charge in [-0.2, -0.15) is 0 Å². The van der Waals surface area contributed by atoms with Crippen LogP contribution in [0.15, 0.2) is 84.0 Å². The molecule has 0 unspecified atom stereocenters. The quantitative estimate of drug-likeness (QED) is 0.115. The van der Waals surface area contributed by atoms with Crippen LogP contribution >= 0.6 is 0 Å². The van der Waals surface area contributed by atoms with Gasteiger partial charge in [-0.15, -0.1) is 0 Å². The summed E-state index contributed by atoms with van der Waals surface area (Å²) in [7, 11) is 1.42. The number of ether oxygens (including phenoxy) is 1. The Morgan fingerprint density at radius 2 is 1.68 bits per heavy atom. The van der Waals surface area contributed by atoms with E-state index in [0.717, 1.165) is 0 Å². The first-order valence-electron chi connectivity index (χ1n) is 12.5. The van der Waals surface area contributed by atoms with Crippen LogP contribution in [0.3, 0.4) is 0 Å². The SMILES string of the molecule is COc1ccc(CN(C(=O)C(c2ccccc2)c2ccccc2)[C@@H](CCCN)C(=O)NC(N)=N[N+](=O)[O-])cc1O. The second kappa shape index (κ2) is 14.3. The highest BCUT2D eigenvalue weighted by atomic mass is 16.7. The number of hydrazone groups is 1. The van der Waals surface area contributed by atoms with E-state index in [0.29, 0.717) is 23.1 Å². The lowest BCUT2D eigenvalue weighted by atomic mass is 9.89. The lowest BCUT2D eigenvalue weighted by Crippen LogP contribution is -2.53. The van der Waals surface area contributed by atoms with Crippen LogP contribution in [0.2, 0.25) is 0 Å². The van der Waals surface area contributed by atoms with Gasteiger partial charge in [0.1, 0.15) is 11.1 Å². The molecule has 0 bridgehead atoms. The Kier molecular flexibility index (Phi) is 10.5. The fraction of sp³-hybridized carbons (Fsp3) is 0.250. The molecule has 0 saturated heterocycles.